The van der Waals surface area contributed by atoms with Gasteiger partial charge >= 0.3 is 0 Å². The van der Waals surface area contributed by atoms with Gasteiger partial charge in [0, 0.05) is 16.7 Å². The second-order valence-corrected chi connectivity index (χ2v) is 4.14. The fourth-order valence-corrected chi connectivity index (χ4v) is 2.26. The number of carbonyl (C=O) groups excluding carboxylic acids is 1. The van der Waals surface area contributed by atoms with Crippen LogP contribution in [0.25, 0.3) is 11.1 Å². The average molecular weight is 233 g/mol. The summed E-state index contributed by atoms with van der Waals surface area (Å²) in [6.45, 7) is 0.325. The molecule has 0 heterocycles. The van der Waals surface area contributed by atoms with Crippen molar-refractivity contribution in [3.05, 3.63) is 59.2 Å². The maximum absolute atomic E-state index is 12.2. The highest BCUT2D eigenvalue weighted by Crippen LogP contribution is 2.36. The molecule has 0 spiro atoms. The molecule has 0 aliphatic heterocycles. The van der Waals surface area contributed by atoms with E-state index in [1.807, 2.05) is 42.5 Å². The molecule has 18 heavy (non-hydrogen) atoms. The van der Waals surface area contributed by atoms with Gasteiger partial charge in [-0.25, -0.2) is 0 Å². The van der Waals surface area contributed by atoms with Gasteiger partial charge in [0.25, 0.3) is 0 Å². The maximum Gasteiger partial charge on any atom is 0.194 e. The van der Waals surface area contributed by atoms with Gasteiger partial charge in [-0.15, -0.1) is 0 Å². The van der Waals surface area contributed by atoms with Crippen molar-refractivity contribution in [3.8, 4) is 23.0 Å². The first-order valence-corrected chi connectivity index (χ1v) is 5.78. The lowest BCUT2D eigenvalue weighted by Gasteiger charge is -1.99. The summed E-state index contributed by atoms with van der Waals surface area (Å²) >= 11 is 0. The molecule has 1 aliphatic carbocycles. The van der Waals surface area contributed by atoms with E-state index in [1.54, 1.807) is 0 Å². The molecule has 3 rings (SSSR count). The molecule has 0 saturated heterocycles. The Morgan fingerprint density at radius 2 is 1.67 bits per heavy atom. The lowest BCUT2D eigenvalue weighted by Crippen LogP contribution is -1.96. The molecular weight excluding hydrogens is 222 g/mol. The Labute approximate surface area is 105 Å². The summed E-state index contributed by atoms with van der Waals surface area (Å²) in [5.41, 5.74) is 9.69. The highest BCUT2D eigenvalue weighted by atomic mass is 16.1. The van der Waals surface area contributed by atoms with Gasteiger partial charge in [0.05, 0.1) is 6.54 Å². The Morgan fingerprint density at radius 1 is 0.944 bits per heavy atom. The van der Waals surface area contributed by atoms with Crippen LogP contribution in [0.5, 0.6) is 0 Å². The molecule has 1 aliphatic rings. The van der Waals surface area contributed by atoms with Crippen LogP contribution < -0.4 is 5.73 Å². The molecule has 0 fully saturated rings. The fourth-order valence-electron chi connectivity index (χ4n) is 2.26. The average Bonchev–Trinajstić information content (AvgIpc) is 2.71. The second-order valence-electron chi connectivity index (χ2n) is 4.14. The number of benzene rings is 2. The van der Waals surface area contributed by atoms with Gasteiger partial charge in [0.1, 0.15) is 0 Å². The SMILES string of the molecule is NCC#Cc1ccc2c(c1)C(=O)c1ccccc1-2. The third kappa shape index (κ3) is 1.54. The van der Waals surface area contributed by atoms with Gasteiger partial charge in [0.2, 0.25) is 0 Å². The predicted octanol–water partition coefficient (Wildman–Crippen LogP) is 2.21. The Balaban J connectivity index is 2.17. The van der Waals surface area contributed by atoms with Gasteiger partial charge in [-0.2, -0.15) is 0 Å². The van der Waals surface area contributed by atoms with Gasteiger partial charge in [0.15, 0.2) is 5.78 Å². The molecule has 0 bridgehead atoms. The van der Waals surface area contributed by atoms with Crippen LogP contribution in [0.4, 0.5) is 0 Å². The van der Waals surface area contributed by atoms with Gasteiger partial charge in [-0.1, -0.05) is 42.2 Å². The molecule has 2 N–H and O–H groups in total. The smallest absolute Gasteiger partial charge is 0.194 e. The highest BCUT2D eigenvalue weighted by molar-refractivity contribution is 6.21. The van der Waals surface area contributed by atoms with E-state index < -0.39 is 0 Å². The van der Waals surface area contributed by atoms with Gasteiger partial charge in [-0.05, 0) is 23.3 Å². The summed E-state index contributed by atoms with van der Waals surface area (Å²) in [5.74, 6) is 5.83. The largest absolute Gasteiger partial charge is 0.320 e. The summed E-state index contributed by atoms with van der Waals surface area (Å²) in [7, 11) is 0. The minimum Gasteiger partial charge on any atom is -0.320 e. The third-order valence-electron chi connectivity index (χ3n) is 3.06. The first kappa shape index (κ1) is 10.8. The van der Waals surface area contributed by atoms with E-state index >= 15 is 0 Å². The monoisotopic (exact) mass is 233 g/mol. The number of fused-ring (bicyclic) bond motifs is 3. The number of ketones is 1. The number of hydrogen-bond donors (Lipinski definition) is 1. The van der Waals surface area contributed by atoms with Crippen molar-refractivity contribution >= 4 is 5.78 Å². The third-order valence-corrected chi connectivity index (χ3v) is 3.06. The van der Waals surface area contributed by atoms with Crippen LogP contribution in [-0.2, 0) is 0 Å². The van der Waals surface area contributed by atoms with Crippen molar-refractivity contribution in [2.75, 3.05) is 6.54 Å². The summed E-state index contributed by atoms with van der Waals surface area (Å²) in [4.78, 5) is 12.2. The van der Waals surface area contributed by atoms with Crippen molar-refractivity contribution in [2.24, 2.45) is 5.73 Å². The Hall–Kier alpha value is -2.37. The van der Waals surface area contributed by atoms with Gasteiger partial charge < -0.3 is 5.73 Å². The summed E-state index contributed by atoms with van der Waals surface area (Å²) in [6.07, 6.45) is 0. The Morgan fingerprint density at radius 3 is 2.44 bits per heavy atom. The first-order valence-electron chi connectivity index (χ1n) is 5.78. The van der Waals surface area contributed by atoms with E-state index in [0.717, 1.165) is 27.8 Å². The zero-order valence-corrected chi connectivity index (χ0v) is 9.73. The normalized spacial score (nSPS) is 11.5. The van der Waals surface area contributed by atoms with E-state index in [9.17, 15) is 4.79 Å². The van der Waals surface area contributed by atoms with Crippen LogP contribution in [0.3, 0.4) is 0 Å². The van der Waals surface area contributed by atoms with Crippen molar-refractivity contribution < 1.29 is 4.79 Å². The topological polar surface area (TPSA) is 43.1 Å². The number of carbonyl (C=O) groups is 1. The minimum atomic E-state index is 0.0806. The minimum absolute atomic E-state index is 0.0806. The standard InChI is InChI=1S/C16H11NO/c17-9-3-4-11-7-8-13-12-5-1-2-6-14(12)16(18)15(13)10-11/h1-2,5-8,10H,9,17H2. The van der Waals surface area contributed by atoms with E-state index in [-0.39, 0.29) is 5.78 Å². The zero-order valence-electron chi connectivity index (χ0n) is 9.73. The molecule has 0 radical (unpaired) electrons. The summed E-state index contributed by atoms with van der Waals surface area (Å²) in [6, 6.07) is 13.4. The van der Waals surface area contributed by atoms with E-state index in [4.69, 9.17) is 5.73 Å². The Kier molecular flexibility index (Phi) is 2.47. The summed E-state index contributed by atoms with van der Waals surface area (Å²) < 4.78 is 0. The van der Waals surface area contributed by atoms with Crippen LogP contribution in [0, 0.1) is 11.8 Å². The van der Waals surface area contributed by atoms with E-state index in [2.05, 4.69) is 11.8 Å². The zero-order chi connectivity index (χ0) is 12.5. The van der Waals surface area contributed by atoms with Crippen LogP contribution in [-0.4, -0.2) is 12.3 Å². The summed E-state index contributed by atoms with van der Waals surface area (Å²) in [5, 5.41) is 0. The van der Waals surface area contributed by atoms with Crippen LogP contribution in [0.15, 0.2) is 42.5 Å². The number of rotatable bonds is 0. The molecule has 2 aromatic carbocycles. The van der Waals surface area contributed by atoms with E-state index in [1.165, 1.54) is 0 Å². The maximum atomic E-state index is 12.2. The molecule has 0 aromatic heterocycles. The van der Waals surface area contributed by atoms with Crippen molar-refractivity contribution in [2.45, 2.75) is 0 Å². The molecule has 2 heteroatoms. The number of nitrogens with two attached hydrogens (primary N) is 1. The highest BCUT2D eigenvalue weighted by Gasteiger charge is 2.25. The predicted molar refractivity (Wildman–Crippen MR) is 71.2 cm³/mol. The van der Waals surface area contributed by atoms with Gasteiger partial charge in [-0.3, -0.25) is 4.79 Å². The Bertz CT molecular complexity index is 705. The van der Waals surface area contributed by atoms with Crippen molar-refractivity contribution in [3.63, 3.8) is 0 Å². The van der Waals surface area contributed by atoms with Crippen LogP contribution in [0.1, 0.15) is 21.5 Å². The molecule has 2 nitrogen and oxygen atoms in total. The second kappa shape index (κ2) is 4.14. The first-order chi connectivity index (χ1) is 8.81. The van der Waals surface area contributed by atoms with Crippen molar-refractivity contribution in [1.82, 2.24) is 0 Å². The number of hydrogen-bond acceptors (Lipinski definition) is 2. The van der Waals surface area contributed by atoms with Crippen molar-refractivity contribution in [1.29, 1.82) is 0 Å². The molecule has 0 atom stereocenters. The lowest BCUT2D eigenvalue weighted by molar-refractivity contribution is 0.104. The molecule has 0 unspecified atom stereocenters. The van der Waals surface area contributed by atoms with Crippen LogP contribution in [0.2, 0.25) is 0 Å². The molecule has 0 saturated carbocycles. The van der Waals surface area contributed by atoms with E-state index in [0.29, 0.717) is 6.54 Å². The quantitative estimate of drug-likeness (QED) is 0.605. The molecular formula is C16H11NO. The molecule has 86 valence electrons. The lowest BCUT2D eigenvalue weighted by atomic mass is 10.0. The molecule has 0 amide bonds. The fraction of sp³-hybridized carbons (Fsp3) is 0.0625. The van der Waals surface area contributed by atoms with Crippen LogP contribution >= 0.6 is 0 Å². The molecule has 2 aromatic rings.